The van der Waals surface area contributed by atoms with Crippen molar-refractivity contribution in [3.8, 4) is 0 Å². The normalized spacial score (nSPS) is 11.1. The van der Waals surface area contributed by atoms with Gasteiger partial charge in [0.05, 0.1) is 29.7 Å². The maximum atomic E-state index is 13.7. The zero-order valence-electron chi connectivity index (χ0n) is 16.8. The maximum Gasteiger partial charge on any atom is 0.338 e. The Kier molecular flexibility index (Phi) is 6.59. The first-order valence-corrected chi connectivity index (χ1v) is 11.2. The van der Waals surface area contributed by atoms with Crippen molar-refractivity contribution in [1.82, 2.24) is 9.55 Å². The third-order valence-electron chi connectivity index (χ3n) is 4.74. The molecule has 0 N–H and O–H groups in total. The molecule has 7 heteroatoms. The van der Waals surface area contributed by atoms with Crippen LogP contribution in [-0.2, 0) is 17.0 Å². The van der Waals surface area contributed by atoms with Gasteiger partial charge in [0.25, 0.3) is 0 Å². The van der Waals surface area contributed by atoms with Crippen LogP contribution in [0.4, 0.5) is 4.39 Å². The van der Waals surface area contributed by atoms with Crippen LogP contribution in [-0.4, -0.2) is 22.1 Å². The highest BCUT2D eigenvalue weighted by Gasteiger charge is 2.15. The van der Waals surface area contributed by atoms with Gasteiger partial charge in [-0.15, -0.1) is 0 Å². The number of carbonyl (C=O) groups is 1. The summed E-state index contributed by atoms with van der Waals surface area (Å²) >= 11 is 7.56. The molecule has 0 radical (unpaired) electrons. The number of hydrogen-bond donors (Lipinski definition) is 0. The maximum absolute atomic E-state index is 13.7. The SMILES string of the molecule is CCOC(=O)c1ccc2c(c1)nc(SCc1ccc(Cl)cc1)n2Cc1cccc(F)c1. The first kappa shape index (κ1) is 21.4. The number of fused-ring (bicyclic) bond motifs is 1. The molecule has 0 aliphatic rings. The largest absolute Gasteiger partial charge is 0.462 e. The standard InChI is InChI=1S/C24H20ClFN2O2S/c1-2-30-23(29)18-8-11-22-21(13-18)27-24(31-15-16-6-9-19(25)10-7-16)28(22)14-17-4-3-5-20(26)12-17/h3-13H,2,14-15H2,1H3. The van der Waals surface area contributed by atoms with Gasteiger partial charge in [0, 0.05) is 10.8 Å². The topological polar surface area (TPSA) is 44.1 Å². The zero-order valence-corrected chi connectivity index (χ0v) is 18.4. The van der Waals surface area contributed by atoms with Crippen molar-refractivity contribution in [3.63, 3.8) is 0 Å². The molecule has 4 nitrogen and oxygen atoms in total. The number of esters is 1. The minimum atomic E-state index is -0.376. The summed E-state index contributed by atoms with van der Waals surface area (Å²) in [6.07, 6.45) is 0. The first-order valence-electron chi connectivity index (χ1n) is 9.82. The third kappa shape index (κ3) is 5.09. The number of benzene rings is 3. The fraction of sp³-hybridized carbons (Fsp3) is 0.167. The molecule has 0 atom stereocenters. The van der Waals surface area contributed by atoms with Gasteiger partial charge in [-0.05, 0) is 60.5 Å². The van der Waals surface area contributed by atoms with Crippen LogP contribution in [0.15, 0.2) is 71.9 Å². The van der Waals surface area contributed by atoms with Crippen LogP contribution in [0.3, 0.4) is 0 Å². The number of thioether (sulfide) groups is 1. The van der Waals surface area contributed by atoms with Gasteiger partial charge < -0.3 is 9.30 Å². The van der Waals surface area contributed by atoms with E-state index in [2.05, 4.69) is 0 Å². The van der Waals surface area contributed by atoms with Crippen LogP contribution in [0.25, 0.3) is 11.0 Å². The van der Waals surface area contributed by atoms with Crippen LogP contribution < -0.4 is 0 Å². The van der Waals surface area contributed by atoms with E-state index in [0.29, 0.717) is 35.0 Å². The summed E-state index contributed by atoms with van der Waals surface area (Å²) in [5.74, 6) is 0.0512. The fourth-order valence-corrected chi connectivity index (χ4v) is 4.35. The summed E-state index contributed by atoms with van der Waals surface area (Å²) in [7, 11) is 0. The molecule has 0 fully saturated rings. The van der Waals surface area contributed by atoms with E-state index >= 15 is 0 Å². The summed E-state index contributed by atoms with van der Waals surface area (Å²) in [6, 6.07) is 19.5. The summed E-state index contributed by atoms with van der Waals surface area (Å²) in [5, 5.41) is 1.48. The number of aromatic nitrogens is 2. The zero-order chi connectivity index (χ0) is 21.8. The summed E-state index contributed by atoms with van der Waals surface area (Å²) in [5.41, 5.74) is 3.98. The quantitative estimate of drug-likeness (QED) is 0.241. The highest BCUT2D eigenvalue weighted by atomic mass is 35.5. The van der Waals surface area contributed by atoms with Crippen molar-refractivity contribution >= 4 is 40.4 Å². The molecule has 0 bridgehead atoms. The smallest absolute Gasteiger partial charge is 0.338 e. The molecule has 0 saturated carbocycles. The fourth-order valence-electron chi connectivity index (χ4n) is 3.26. The summed E-state index contributed by atoms with van der Waals surface area (Å²) < 4.78 is 20.9. The Labute approximate surface area is 189 Å². The second kappa shape index (κ2) is 9.54. The molecular weight excluding hydrogens is 435 g/mol. The number of rotatable bonds is 7. The Morgan fingerprint density at radius 1 is 1.10 bits per heavy atom. The van der Waals surface area contributed by atoms with Crippen molar-refractivity contribution in [2.75, 3.05) is 6.61 Å². The molecule has 4 aromatic rings. The van der Waals surface area contributed by atoms with Gasteiger partial charge in [-0.1, -0.05) is 47.6 Å². The van der Waals surface area contributed by atoms with Crippen molar-refractivity contribution in [1.29, 1.82) is 0 Å². The molecule has 0 aliphatic carbocycles. The van der Waals surface area contributed by atoms with Crippen molar-refractivity contribution in [2.24, 2.45) is 0 Å². The van der Waals surface area contributed by atoms with Gasteiger partial charge in [0.1, 0.15) is 5.82 Å². The van der Waals surface area contributed by atoms with Crippen LogP contribution in [0.1, 0.15) is 28.4 Å². The Hall–Kier alpha value is -2.83. The van der Waals surface area contributed by atoms with Crippen LogP contribution in [0.5, 0.6) is 0 Å². The van der Waals surface area contributed by atoms with Gasteiger partial charge in [0.15, 0.2) is 5.16 Å². The van der Waals surface area contributed by atoms with Crippen LogP contribution in [0, 0.1) is 5.82 Å². The number of imidazole rings is 1. The van der Waals surface area contributed by atoms with E-state index in [4.69, 9.17) is 21.3 Å². The van der Waals surface area contributed by atoms with Crippen molar-refractivity contribution in [3.05, 3.63) is 94.3 Å². The second-order valence-corrected chi connectivity index (χ2v) is 8.33. The Bertz CT molecular complexity index is 1220. The summed E-state index contributed by atoms with van der Waals surface area (Å²) in [6.45, 7) is 2.55. The molecule has 1 aromatic heterocycles. The minimum absolute atomic E-state index is 0.276. The lowest BCUT2D eigenvalue weighted by Gasteiger charge is -2.10. The number of hydrogen-bond acceptors (Lipinski definition) is 4. The van der Waals surface area contributed by atoms with Gasteiger partial charge in [-0.3, -0.25) is 0 Å². The highest BCUT2D eigenvalue weighted by Crippen LogP contribution is 2.29. The van der Waals surface area contributed by atoms with E-state index in [1.165, 1.54) is 12.1 Å². The molecule has 0 saturated heterocycles. The van der Waals surface area contributed by atoms with Crippen LogP contribution in [0.2, 0.25) is 5.02 Å². The average Bonchev–Trinajstić information content (AvgIpc) is 3.10. The molecule has 0 aliphatic heterocycles. The predicted molar refractivity (Wildman–Crippen MR) is 122 cm³/mol. The Morgan fingerprint density at radius 3 is 2.65 bits per heavy atom. The van der Waals surface area contributed by atoms with Crippen molar-refractivity contribution in [2.45, 2.75) is 24.4 Å². The summed E-state index contributed by atoms with van der Waals surface area (Å²) in [4.78, 5) is 16.9. The molecule has 3 aromatic carbocycles. The lowest BCUT2D eigenvalue weighted by molar-refractivity contribution is 0.0526. The third-order valence-corrected chi connectivity index (χ3v) is 6.03. The van der Waals surface area contributed by atoms with Crippen molar-refractivity contribution < 1.29 is 13.9 Å². The molecule has 0 amide bonds. The molecule has 1 heterocycles. The van der Waals surface area contributed by atoms with Crippen LogP contribution >= 0.6 is 23.4 Å². The lowest BCUT2D eigenvalue weighted by atomic mass is 10.2. The molecule has 0 unspecified atom stereocenters. The number of nitrogens with zero attached hydrogens (tertiary/aromatic N) is 2. The van der Waals surface area contributed by atoms with E-state index < -0.39 is 0 Å². The number of carbonyl (C=O) groups excluding carboxylic acids is 1. The van der Waals surface area contributed by atoms with Gasteiger partial charge in [-0.25, -0.2) is 14.2 Å². The molecule has 4 rings (SSSR count). The van der Waals surface area contributed by atoms with E-state index in [0.717, 1.165) is 21.8 Å². The second-order valence-electron chi connectivity index (χ2n) is 6.95. The molecule has 0 spiro atoms. The number of ether oxygens (including phenoxy) is 1. The van der Waals surface area contributed by atoms with Gasteiger partial charge in [-0.2, -0.15) is 0 Å². The molecular formula is C24H20ClFN2O2S. The predicted octanol–water partition coefficient (Wildman–Crippen LogP) is 6.35. The van der Waals surface area contributed by atoms with E-state index in [1.54, 1.807) is 36.9 Å². The minimum Gasteiger partial charge on any atom is -0.462 e. The van der Waals surface area contributed by atoms with E-state index in [9.17, 15) is 9.18 Å². The highest BCUT2D eigenvalue weighted by molar-refractivity contribution is 7.98. The van der Waals surface area contributed by atoms with Gasteiger partial charge in [0.2, 0.25) is 0 Å². The monoisotopic (exact) mass is 454 g/mol. The van der Waals surface area contributed by atoms with E-state index in [-0.39, 0.29) is 11.8 Å². The first-order chi connectivity index (χ1) is 15.0. The molecule has 31 heavy (non-hydrogen) atoms. The number of halogens is 2. The molecule has 158 valence electrons. The van der Waals surface area contributed by atoms with E-state index in [1.807, 2.05) is 41.0 Å². The van der Waals surface area contributed by atoms with Gasteiger partial charge >= 0.3 is 5.97 Å². The lowest BCUT2D eigenvalue weighted by Crippen LogP contribution is -2.05. The Balaban J connectivity index is 1.70. The average molecular weight is 455 g/mol. The Morgan fingerprint density at radius 2 is 1.90 bits per heavy atom.